The highest BCUT2D eigenvalue weighted by Gasteiger charge is 2.14. The van der Waals surface area contributed by atoms with Gasteiger partial charge in [-0.1, -0.05) is 108 Å². The van der Waals surface area contributed by atoms with Crippen LogP contribution in [0.5, 0.6) is 0 Å². The number of benzene rings is 1. The van der Waals surface area contributed by atoms with Crippen molar-refractivity contribution in [1.82, 2.24) is 4.90 Å². The molecule has 0 atom stereocenters. The fraction of sp³-hybridized carbons (Fsp3) is 0.778. The Hall–Kier alpha value is -0.900. The average molecular weight is 420 g/mol. The summed E-state index contributed by atoms with van der Waals surface area (Å²) in [4.78, 5) is 2.50. The molecule has 3 nitrogen and oxygen atoms in total. The molecule has 0 aliphatic carbocycles. The van der Waals surface area contributed by atoms with Crippen LogP contribution < -0.4 is 0 Å². The summed E-state index contributed by atoms with van der Waals surface area (Å²) in [7, 11) is 0. The summed E-state index contributed by atoms with van der Waals surface area (Å²) in [6.07, 6.45) is 16.6. The molecule has 0 unspecified atom stereocenters. The van der Waals surface area contributed by atoms with Crippen molar-refractivity contribution in [3.63, 3.8) is 0 Å². The van der Waals surface area contributed by atoms with E-state index in [0.29, 0.717) is 13.2 Å². The van der Waals surface area contributed by atoms with Gasteiger partial charge in [-0.25, -0.2) is 0 Å². The van der Waals surface area contributed by atoms with Crippen molar-refractivity contribution in [1.29, 1.82) is 0 Å². The van der Waals surface area contributed by atoms with Gasteiger partial charge in [-0.3, -0.25) is 4.90 Å². The smallest absolute Gasteiger partial charge is 0.170 e. The lowest BCUT2D eigenvalue weighted by Gasteiger charge is -2.27. The Morgan fingerprint density at radius 1 is 0.667 bits per heavy atom. The van der Waals surface area contributed by atoms with Crippen molar-refractivity contribution in [3.8, 4) is 0 Å². The predicted octanol–water partition coefficient (Wildman–Crippen LogP) is 7.59. The van der Waals surface area contributed by atoms with Gasteiger partial charge < -0.3 is 9.47 Å². The van der Waals surface area contributed by atoms with Crippen LogP contribution in [0, 0.1) is 0 Å². The minimum atomic E-state index is -0.124. The normalized spacial score (nSPS) is 11.6. The van der Waals surface area contributed by atoms with Crippen LogP contribution >= 0.6 is 0 Å². The lowest BCUT2D eigenvalue weighted by molar-refractivity contribution is -0.148. The summed E-state index contributed by atoms with van der Waals surface area (Å²) in [5.41, 5.74) is 1.36. The Balaban J connectivity index is 2.22. The van der Waals surface area contributed by atoms with Crippen molar-refractivity contribution in [2.24, 2.45) is 0 Å². The van der Waals surface area contributed by atoms with E-state index >= 15 is 0 Å². The molecule has 0 bridgehead atoms. The molecule has 0 saturated carbocycles. The van der Waals surface area contributed by atoms with Crippen LogP contribution in [-0.4, -0.2) is 37.5 Å². The third kappa shape index (κ3) is 15.0. The minimum absolute atomic E-state index is 0.124. The van der Waals surface area contributed by atoms with Crippen LogP contribution in [0.2, 0.25) is 0 Å². The van der Waals surface area contributed by atoms with E-state index in [1.807, 2.05) is 13.8 Å². The number of unbranched alkanes of at least 4 members (excludes halogenated alkanes) is 11. The second-order valence-corrected chi connectivity index (χ2v) is 8.45. The zero-order valence-electron chi connectivity index (χ0n) is 20.2. The fourth-order valence-electron chi connectivity index (χ4n) is 3.99. The summed E-state index contributed by atoms with van der Waals surface area (Å²) in [6, 6.07) is 10.8. The van der Waals surface area contributed by atoms with E-state index in [9.17, 15) is 0 Å². The van der Waals surface area contributed by atoms with E-state index in [1.54, 1.807) is 0 Å². The molecule has 0 amide bonds. The number of nitrogens with zero attached hydrogens (tertiary/aromatic N) is 1. The Labute approximate surface area is 187 Å². The molecule has 3 heteroatoms. The Morgan fingerprint density at radius 2 is 1.17 bits per heavy atom. The second kappa shape index (κ2) is 20.0. The standard InChI is InChI=1S/C27H49NO2/c1-4-7-8-9-10-11-12-13-14-15-16-20-23-28(24-26-21-18-17-19-22-26)25-27(29-5-2)30-6-3/h17-19,21-22,27H,4-16,20,23-25H2,1-3H3. The van der Waals surface area contributed by atoms with Gasteiger partial charge in [0.1, 0.15) is 0 Å². The molecule has 0 radical (unpaired) electrons. The topological polar surface area (TPSA) is 21.7 Å². The Morgan fingerprint density at radius 3 is 1.67 bits per heavy atom. The molecule has 30 heavy (non-hydrogen) atoms. The van der Waals surface area contributed by atoms with Crippen molar-refractivity contribution >= 4 is 0 Å². The molecule has 0 N–H and O–H groups in total. The van der Waals surface area contributed by atoms with E-state index in [0.717, 1.165) is 19.6 Å². The number of rotatable bonds is 21. The molecule has 0 aromatic heterocycles. The number of ether oxygens (including phenoxy) is 2. The first kappa shape index (κ1) is 27.1. The average Bonchev–Trinajstić information content (AvgIpc) is 2.75. The predicted molar refractivity (Wildman–Crippen MR) is 130 cm³/mol. The number of hydrogen-bond acceptors (Lipinski definition) is 3. The summed E-state index contributed by atoms with van der Waals surface area (Å²) in [5.74, 6) is 0. The van der Waals surface area contributed by atoms with Gasteiger partial charge in [0.05, 0.1) is 0 Å². The summed E-state index contributed by atoms with van der Waals surface area (Å²) < 4.78 is 11.6. The van der Waals surface area contributed by atoms with Gasteiger partial charge >= 0.3 is 0 Å². The van der Waals surface area contributed by atoms with E-state index < -0.39 is 0 Å². The van der Waals surface area contributed by atoms with E-state index in [4.69, 9.17) is 9.47 Å². The molecule has 0 aliphatic heterocycles. The van der Waals surface area contributed by atoms with Gasteiger partial charge in [-0.2, -0.15) is 0 Å². The third-order valence-corrected chi connectivity index (χ3v) is 5.69. The molecule has 0 spiro atoms. The molecule has 174 valence electrons. The van der Waals surface area contributed by atoms with Crippen LogP contribution in [0.3, 0.4) is 0 Å². The van der Waals surface area contributed by atoms with Crippen molar-refractivity contribution in [2.75, 3.05) is 26.3 Å². The molecule has 0 saturated heterocycles. The maximum atomic E-state index is 5.80. The van der Waals surface area contributed by atoms with Crippen molar-refractivity contribution in [3.05, 3.63) is 35.9 Å². The molecule has 0 aliphatic rings. The molecule has 0 heterocycles. The quantitative estimate of drug-likeness (QED) is 0.151. The second-order valence-electron chi connectivity index (χ2n) is 8.45. The van der Waals surface area contributed by atoms with Gasteiger partial charge in [0, 0.05) is 26.3 Å². The van der Waals surface area contributed by atoms with Crippen molar-refractivity contribution < 1.29 is 9.47 Å². The molecule has 1 aromatic rings. The third-order valence-electron chi connectivity index (χ3n) is 5.69. The highest BCUT2D eigenvalue weighted by atomic mass is 16.7. The van der Waals surface area contributed by atoms with Crippen LogP contribution in [0.1, 0.15) is 103 Å². The van der Waals surface area contributed by atoms with Crippen LogP contribution in [0.25, 0.3) is 0 Å². The first-order valence-electron chi connectivity index (χ1n) is 12.8. The fourth-order valence-corrected chi connectivity index (χ4v) is 3.99. The van der Waals surface area contributed by atoms with Gasteiger partial charge in [-0.15, -0.1) is 0 Å². The Bertz CT molecular complexity index is 459. The zero-order chi connectivity index (χ0) is 21.7. The highest BCUT2D eigenvalue weighted by molar-refractivity contribution is 5.14. The zero-order valence-corrected chi connectivity index (χ0v) is 20.2. The maximum Gasteiger partial charge on any atom is 0.170 e. The summed E-state index contributed by atoms with van der Waals surface area (Å²) >= 11 is 0. The van der Waals surface area contributed by atoms with Gasteiger partial charge in [0.25, 0.3) is 0 Å². The molecule has 0 fully saturated rings. The van der Waals surface area contributed by atoms with Crippen molar-refractivity contribution in [2.45, 2.75) is 111 Å². The van der Waals surface area contributed by atoms with Crippen LogP contribution in [0.15, 0.2) is 30.3 Å². The van der Waals surface area contributed by atoms with E-state index in [-0.39, 0.29) is 6.29 Å². The van der Waals surface area contributed by atoms with Gasteiger partial charge in [-0.05, 0) is 32.4 Å². The van der Waals surface area contributed by atoms with E-state index in [2.05, 4.69) is 42.2 Å². The van der Waals surface area contributed by atoms with Gasteiger partial charge in [0.15, 0.2) is 6.29 Å². The SMILES string of the molecule is CCCCCCCCCCCCCCN(Cc1ccccc1)CC(OCC)OCC. The monoisotopic (exact) mass is 419 g/mol. The maximum absolute atomic E-state index is 5.80. The largest absolute Gasteiger partial charge is 0.352 e. The lowest BCUT2D eigenvalue weighted by Crippen LogP contribution is -2.36. The Kier molecular flexibility index (Phi) is 18.1. The molecule has 1 rings (SSSR count). The summed E-state index contributed by atoms with van der Waals surface area (Å²) in [6.45, 7) is 10.7. The molecular formula is C27H49NO2. The van der Waals surface area contributed by atoms with E-state index in [1.165, 1.54) is 82.6 Å². The van der Waals surface area contributed by atoms with Gasteiger partial charge in [0.2, 0.25) is 0 Å². The molecular weight excluding hydrogens is 370 g/mol. The van der Waals surface area contributed by atoms with Crippen LogP contribution in [-0.2, 0) is 16.0 Å². The lowest BCUT2D eigenvalue weighted by atomic mass is 10.1. The minimum Gasteiger partial charge on any atom is -0.352 e. The highest BCUT2D eigenvalue weighted by Crippen LogP contribution is 2.13. The summed E-state index contributed by atoms with van der Waals surface area (Å²) in [5, 5.41) is 0. The molecule has 1 aromatic carbocycles. The first-order chi connectivity index (χ1) is 14.8. The number of hydrogen-bond donors (Lipinski definition) is 0. The van der Waals surface area contributed by atoms with Crippen LogP contribution in [0.4, 0.5) is 0 Å². The first-order valence-corrected chi connectivity index (χ1v) is 12.8.